The van der Waals surface area contributed by atoms with Crippen molar-refractivity contribution < 1.29 is 4.79 Å². The predicted octanol–water partition coefficient (Wildman–Crippen LogP) is 3.08. The van der Waals surface area contributed by atoms with Crippen LogP contribution in [0.3, 0.4) is 0 Å². The summed E-state index contributed by atoms with van der Waals surface area (Å²) in [6.07, 6.45) is 1.81. The van der Waals surface area contributed by atoms with E-state index in [1.807, 2.05) is 35.4 Å². The van der Waals surface area contributed by atoms with E-state index in [1.54, 1.807) is 11.3 Å². The maximum atomic E-state index is 13.0. The van der Waals surface area contributed by atoms with Gasteiger partial charge in [0.2, 0.25) is 0 Å². The third-order valence-electron chi connectivity index (χ3n) is 4.60. The zero-order valence-electron chi connectivity index (χ0n) is 13.7. The Hall–Kier alpha value is -2.34. The molecule has 1 saturated heterocycles. The molecule has 3 aromatic rings. The molecule has 4 heterocycles. The van der Waals surface area contributed by atoms with E-state index < -0.39 is 0 Å². The molecule has 0 atom stereocenters. The highest BCUT2D eigenvalue weighted by atomic mass is 32.1. The van der Waals surface area contributed by atoms with Crippen LogP contribution >= 0.6 is 11.3 Å². The van der Waals surface area contributed by atoms with Crippen molar-refractivity contribution >= 4 is 33.3 Å². The van der Waals surface area contributed by atoms with Crippen LogP contribution in [0.15, 0.2) is 41.9 Å². The lowest BCUT2D eigenvalue weighted by molar-refractivity contribution is 0.0736. The van der Waals surface area contributed by atoms with Gasteiger partial charge in [-0.15, -0.1) is 11.3 Å². The third-order valence-corrected chi connectivity index (χ3v) is 5.45. The van der Waals surface area contributed by atoms with Gasteiger partial charge in [0.25, 0.3) is 5.91 Å². The number of amides is 1. The average Bonchev–Trinajstić information content (AvgIpc) is 3.23. The zero-order valence-corrected chi connectivity index (χ0v) is 14.5. The third kappa shape index (κ3) is 2.57. The quantitative estimate of drug-likeness (QED) is 0.736. The highest BCUT2D eigenvalue weighted by Crippen LogP contribution is 2.26. The van der Waals surface area contributed by atoms with Gasteiger partial charge in [0.1, 0.15) is 11.5 Å². The number of hydrogen-bond donors (Lipinski definition) is 0. The van der Waals surface area contributed by atoms with Gasteiger partial charge < -0.3 is 14.4 Å². The maximum Gasteiger partial charge on any atom is 0.270 e. The van der Waals surface area contributed by atoms with Crippen LogP contribution < -0.4 is 4.90 Å². The van der Waals surface area contributed by atoms with Crippen LogP contribution in [0.2, 0.25) is 0 Å². The summed E-state index contributed by atoms with van der Waals surface area (Å²) in [5, 5.41) is 2.08. The number of nitrogens with zero attached hydrogens (tertiary/aromatic N) is 4. The van der Waals surface area contributed by atoms with Crippen molar-refractivity contribution in [3.63, 3.8) is 0 Å². The summed E-state index contributed by atoms with van der Waals surface area (Å²) in [7, 11) is 0. The molecule has 0 radical (unpaired) electrons. The first-order valence-corrected chi connectivity index (χ1v) is 9.18. The van der Waals surface area contributed by atoms with Crippen molar-refractivity contribution in [2.24, 2.45) is 0 Å². The number of aromatic nitrogens is 2. The number of fused-ring (bicyclic) bond motifs is 1. The lowest BCUT2D eigenvalue weighted by atomic mass is 10.2. The Morgan fingerprint density at radius 2 is 2.04 bits per heavy atom. The molecule has 4 rings (SSSR count). The summed E-state index contributed by atoms with van der Waals surface area (Å²) >= 11 is 1.69. The van der Waals surface area contributed by atoms with Crippen LogP contribution in [0.4, 0.5) is 5.82 Å². The van der Waals surface area contributed by atoms with Gasteiger partial charge in [-0.2, -0.15) is 0 Å². The van der Waals surface area contributed by atoms with Gasteiger partial charge in [-0.1, -0.05) is 6.07 Å². The smallest absolute Gasteiger partial charge is 0.270 e. The Morgan fingerprint density at radius 3 is 2.75 bits per heavy atom. The average molecular weight is 340 g/mol. The van der Waals surface area contributed by atoms with Gasteiger partial charge in [0, 0.05) is 38.9 Å². The SMILES string of the molecule is CCn1c(C(=O)N2CCN(c3ccccn3)CC2)cc2sccc21. The van der Waals surface area contributed by atoms with Crippen molar-refractivity contribution in [1.29, 1.82) is 0 Å². The van der Waals surface area contributed by atoms with Crippen molar-refractivity contribution in [2.45, 2.75) is 13.5 Å². The molecular weight excluding hydrogens is 320 g/mol. The van der Waals surface area contributed by atoms with Gasteiger partial charge in [0.15, 0.2) is 0 Å². The number of carbonyl (C=O) groups is 1. The molecule has 0 spiro atoms. The predicted molar refractivity (Wildman–Crippen MR) is 97.8 cm³/mol. The van der Waals surface area contributed by atoms with Crippen molar-refractivity contribution in [2.75, 3.05) is 31.1 Å². The van der Waals surface area contributed by atoms with Crippen molar-refractivity contribution in [1.82, 2.24) is 14.5 Å². The van der Waals surface area contributed by atoms with Crippen LogP contribution in [0, 0.1) is 0 Å². The molecule has 6 heteroatoms. The van der Waals surface area contributed by atoms with E-state index in [4.69, 9.17) is 0 Å². The molecule has 24 heavy (non-hydrogen) atoms. The molecule has 0 unspecified atom stereocenters. The van der Waals surface area contributed by atoms with Crippen molar-refractivity contribution in [3.05, 3.63) is 47.6 Å². The molecule has 0 bridgehead atoms. The van der Waals surface area contributed by atoms with Crippen LogP contribution in [-0.4, -0.2) is 46.5 Å². The highest BCUT2D eigenvalue weighted by molar-refractivity contribution is 7.17. The molecule has 124 valence electrons. The van der Waals surface area contributed by atoms with Crippen LogP contribution in [0.25, 0.3) is 10.2 Å². The second-order valence-corrected chi connectivity index (χ2v) is 6.86. The molecule has 1 amide bonds. The highest BCUT2D eigenvalue weighted by Gasteiger charge is 2.25. The van der Waals surface area contributed by atoms with E-state index in [0.717, 1.165) is 49.8 Å². The number of rotatable bonds is 3. The van der Waals surface area contributed by atoms with E-state index in [2.05, 4.69) is 32.8 Å². The zero-order chi connectivity index (χ0) is 16.5. The second-order valence-electron chi connectivity index (χ2n) is 5.91. The lowest BCUT2D eigenvalue weighted by Crippen LogP contribution is -2.49. The Morgan fingerprint density at radius 1 is 1.21 bits per heavy atom. The van der Waals surface area contributed by atoms with Crippen molar-refractivity contribution in [3.8, 4) is 0 Å². The lowest BCUT2D eigenvalue weighted by Gasteiger charge is -2.35. The van der Waals surface area contributed by atoms with Gasteiger partial charge >= 0.3 is 0 Å². The summed E-state index contributed by atoms with van der Waals surface area (Å²) < 4.78 is 3.31. The minimum atomic E-state index is 0.140. The summed E-state index contributed by atoms with van der Waals surface area (Å²) in [4.78, 5) is 21.6. The fourth-order valence-corrected chi connectivity index (χ4v) is 4.16. The monoisotopic (exact) mass is 340 g/mol. The first-order valence-electron chi connectivity index (χ1n) is 8.30. The molecule has 3 aromatic heterocycles. The first kappa shape index (κ1) is 15.2. The number of anilines is 1. The molecule has 0 saturated carbocycles. The molecule has 1 aliphatic heterocycles. The number of piperazine rings is 1. The topological polar surface area (TPSA) is 41.4 Å². The largest absolute Gasteiger partial charge is 0.353 e. The van der Waals surface area contributed by atoms with Crippen LogP contribution in [-0.2, 0) is 6.54 Å². The molecule has 1 fully saturated rings. The Bertz CT molecular complexity index is 846. The van der Waals surface area contributed by atoms with Gasteiger partial charge in [-0.25, -0.2) is 4.98 Å². The van der Waals surface area contributed by atoms with E-state index in [1.165, 1.54) is 4.70 Å². The Labute approximate surface area is 145 Å². The second kappa shape index (κ2) is 6.28. The fraction of sp³-hybridized carbons (Fsp3) is 0.333. The maximum absolute atomic E-state index is 13.0. The number of carbonyl (C=O) groups excluding carboxylic acids is 1. The molecular formula is C18H20N4OS. The molecule has 0 aliphatic carbocycles. The number of thiophene rings is 1. The summed E-state index contributed by atoms with van der Waals surface area (Å²) in [6, 6.07) is 10.1. The van der Waals surface area contributed by atoms with Gasteiger partial charge in [0.05, 0.1) is 10.2 Å². The molecule has 5 nitrogen and oxygen atoms in total. The Balaban J connectivity index is 1.50. The normalized spacial score (nSPS) is 15.2. The summed E-state index contributed by atoms with van der Waals surface area (Å²) in [5.41, 5.74) is 1.98. The summed E-state index contributed by atoms with van der Waals surface area (Å²) in [6.45, 7) is 6.02. The van der Waals surface area contributed by atoms with E-state index in [-0.39, 0.29) is 5.91 Å². The van der Waals surface area contributed by atoms with Gasteiger partial charge in [-0.05, 0) is 36.6 Å². The Kier molecular flexibility index (Phi) is 3.98. The molecule has 0 N–H and O–H groups in total. The van der Waals surface area contributed by atoms with Gasteiger partial charge in [-0.3, -0.25) is 4.79 Å². The summed E-state index contributed by atoms with van der Waals surface area (Å²) in [5.74, 6) is 1.13. The standard InChI is InChI=1S/C18H20N4OS/c1-2-22-14-6-12-24-16(14)13-15(22)18(23)21-10-8-20(9-11-21)17-5-3-4-7-19-17/h3-7,12-13H,2,8-11H2,1H3. The number of aryl methyl sites for hydroxylation is 1. The van der Waals surface area contributed by atoms with E-state index in [9.17, 15) is 4.79 Å². The molecule has 1 aliphatic rings. The first-order chi connectivity index (χ1) is 11.8. The van der Waals surface area contributed by atoms with Crippen LogP contribution in [0.1, 0.15) is 17.4 Å². The van der Waals surface area contributed by atoms with E-state index >= 15 is 0 Å². The number of hydrogen-bond acceptors (Lipinski definition) is 4. The minimum Gasteiger partial charge on any atom is -0.353 e. The van der Waals surface area contributed by atoms with E-state index in [0.29, 0.717) is 0 Å². The number of pyridine rings is 1. The minimum absolute atomic E-state index is 0.140. The molecule has 0 aromatic carbocycles. The fourth-order valence-electron chi connectivity index (χ4n) is 3.34. The van der Waals surface area contributed by atoms with Crippen LogP contribution in [0.5, 0.6) is 0 Å².